The third kappa shape index (κ3) is 6.43. The smallest absolute Gasteiger partial charge is 0.242 e. The number of likely N-dealkylation sites (N-methyl/N-ethyl adjacent to an activating group) is 1. The molecule has 1 atom stereocenters. The van der Waals surface area contributed by atoms with Crippen LogP contribution in [-0.2, 0) is 29.0 Å². The minimum absolute atomic E-state index is 0.117. The number of carbonyl (C=O) groups is 2. The van der Waals surface area contributed by atoms with Gasteiger partial charge in [0.1, 0.15) is 6.04 Å². The normalized spacial score (nSPS) is 11.6. The Morgan fingerprint density at radius 1 is 0.903 bits per heavy atom. The van der Waals surface area contributed by atoms with Crippen molar-refractivity contribution in [1.82, 2.24) is 10.2 Å². The fourth-order valence-electron chi connectivity index (χ4n) is 3.65. The molecule has 0 aliphatic heterocycles. The van der Waals surface area contributed by atoms with Gasteiger partial charge in [-0.15, -0.1) is 0 Å². The van der Waals surface area contributed by atoms with E-state index >= 15 is 0 Å². The molecule has 4 nitrogen and oxygen atoms in total. The Kier molecular flexibility index (Phi) is 7.85. The highest BCUT2D eigenvalue weighted by molar-refractivity contribution is 6.30. The van der Waals surface area contributed by atoms with Crippen molar-refractivity contribution in [2.75, 3.05) is 7.05 Å². The Labute approximate surface area is 188 Å². The average Bonchev–Trinajstić information content (AvgIpc) is 2.76. The maximum Gasteiger partial charge on any atom is 0.242 e. The highest BCUT2D eigenvalue weighted by Gasteiger charge is 2.29. The number of nitrogens with one attached hydrogen (secondary N) is 1. The number of amides is 2. The zero-order valence-electron chi connectivity index (χ0n) is 17.8. The lowest BCUT2D eigenvalue weighted by Gasteiger charge is -2.31. The van der Waals surface area contributed by atoms with Gasteiger partial charge >= 0.3 is 0 Å². The SMILES string of the molecule is CNC(=O)[C@@H](Cc1ccccc1)N(Cc1cccc(C)c1)C(=O)Cc1cccc(Cl)c1. The van der Waals surface area contributed by atoms with Crippen LogP contribution in [0.15, 0.2) is 78.9 Å². The van der Waals surface area contributed by atoms with Crippen LogP contribution in [0, 0.1) is 6.92 Å². The Morgan fingerprint density at radius 3 is 2.26 bits per heavy atom. The van der Waals surface area contributed by atoms with Crippen molar-refractivity contribution in [3.8, 4) is 0 Å². The zero-order valence-corrected chi connectivity index (χ0v) is 18.6. The Balaban J connectivity index is 1.94. The van der Waals surface area contributed by atoms with Crippen molar-refractivity contribution in [1.29, 1.82) is 0 Å². The summed E-state index contributed by atoms with van der Waals surface area (Å²) in [6, 6.07) is 24.4. The molecule has 0 fully saturated rings. The summed E-state index contributed by atoms with van der Waals surface area (Å²) in [5, 5.41) is 3.32. The monoisotopic (exact) mass is 434 g/mol. The largest absolute Gasteiger partial charge is 0.357 e. The molecule has 0 aromatic heterocycles. The van der Waals surface area contributed by atoms with Crippen molar-refractivity contribution in [3.05, 3.63) is 106 Å². The molecule has 0 heterocycles. The summed E-state index contributed by atoms with van der Waals surface area (Å²) in [7, 11) is 1.60. The minimum atomic E-state index is -0.625. The van der Waals surface area contributed by atoms with E-state index in [0.29, 0.717) is 18.0 Å². The van der Waals surface area contributed by atoms with Gasteiger partial charge in [-0.05, 0) is 35.7 Å². The highest BCUT2D eigenvalue weighted by atomic mass is 35.5. The molecule has 1 N–H and O–H groups in total. The first-order chi connectivity index (χ1) is 15.0. The number of aryl methyl sites for hydroxylation is 1. The van der Waals surface area contributed by atoms with Gasteiger partial charge in [-0.2, -0.15) is 0 Å². The van der Waals surface area contributed by atoms with E-state index in [1.54, 1.807) is 24.1 Å². The Hall–Kier alpha value is -3.11. The summed E-state index contributed by atoms with van der Waals surface area (Å²) in [6.45, 7) is 2.37. The molecule has 0 radical (unpaired) electrons. The summed E-state index contributed by atoms with van der Waals surface area (Å²) in [6.07, 6.45) is 0.613. The number of hydrogen-bond acceptors (Lipinski definition) is 2. The molecule has 2 amide bonds. The summed E-state index contributed by atoms with van der Waals surface area (Å²) in [4.78, 5) is 28.1. The molecular formula is C26H27ClN2O2. The molecule has 31 heavy (non-hydrogen) atoms. The predicted octanol–water partition coefficient (Wildman–Crippen LogP) is 4.58. The van der Waals surface area contributed by atoms with E-state index < -0.39 is 6.04 Å². The Bertz CT molecular complexity index is 1040. The molecule has 0 bridgehead atoms. The number of halogens is 1. The number of benzene rings is 3. The Morgan fingerprint density at radius 2 is 1.58 bits per heavy atom. The third-order valence-electron chi connectivity index (χ3n) is 5.20. The van der Waals surface area contributed by atoms with Gasteiger partial charge in [0.2, 0.25) is 11.8 Å². The fraction of sp³-hybridized carbons (Fsp3) is 0.231. The molecular weight excluding hydrogens is 408 g/mol. The fourth-order valence-corrected chi connectivity index (χ4v) is 3.86. The van der Waals surface area contributed by atoms with E-state index in [1.807, 2.05) is 73.7 Å². The van der Waals surface area contributed by atoms with Gasteiger partial charge in [0.25, 0.3) is 0 Å². The minimum Gasteiger partial charge on any atom is -0.357 e. The predicted molar refractivity (Wildman–Crippen MR) is 125 cm³/mol. The topological polar surface area (TPSA) is 49.4 Å². The number of carbonyl (C=O) groups excluding carboxylic acids is 2. The van der Waals surface area contributed by atoms with E-state index in [0.717, 1.165) is 22.3 Å². The third-order valence-corrected chi connectivity index (χ3v) is 5.43. The first kappa shape index (κ1) is 22.6. The van der Waals surface area contributed by atoms with Crippen LogP contribution < -0.4 is 5.32 Å². The summed E-state index contributed by atoms with van der Waals surface area (Å²) < 4.78 is 0. The van der Waals surface area contributed by atoms with E-state index in [4.69, 9.17) is 11.6 Å². The number of hydrogen-bond donors (Lipinski definition) is 1. The van der Waals surface area contributed by atoms with Crippen LogP contribution in [0.1, 0.15) is 22.3 Å². The van der Waals surface area contributed by atoms with Crippen LogP contribution in [0.5, 0.6) is 0 Å². The molecule has 3 aromatic carbocycles. The van der Waals surface area contributed by atoms with Crippen molar-refractivity contribution >= 4 is 23.4 Å². The van der Waals surface area contributed by atoms with Gasteiger partial charge in [-0.3, -0.25) is 9.59 Å². The highest BCUT2D eigenvalue weighted by Crippen LogP contribution is 2.18. The number of nitrogens with zero attached hydrogens (tertiary/aromatic N) is 1. The van der Waals surface area contributed by atoms with Gasteiger partial charge in [0, 0.05) is 25.0 Å². The lowest BCUT2D eigenvalue weighted by Crippen LogP contribution is -2.50. The van der Waals surface area contributed by atoms with Crippen molar-refractivity contribution in [2.45, 2.75) is 32.4 Å². The molecule has 3 aromatic rings. The van der Waals surface area contributed by atoms with Crippen LogP contribution >= 0.6 is 11.6 Å². The van der Waals surface area contributed by atoms with Crippen molar-refractivity contribution in [3.63, 3.8) is 0 Å². The summed E-state index contributed by atoms with van der Waals surface area (Å²) >= 11 is 6.11. The molecule has 0 spiro atoms. The van der Waals surface area contributed by atoms with Crippen LogP contribution in [0.3, 0.4) is 0 Å². The molecule has 0 saturated carbocycles. The van der Waals surface area contributed by atoms with E-state index in [1.165, 1.54) is 0 Å². The molecule has 160 valence electrons. The van der Waals surface area contributed by atoms with Gasteiger partial charge < -0.3 is 10.2 Å². The van der Waals surface area contributed by atoms with Crippen LogP contribution in [0.2, 0.25) is 5.02 Å². The van der Waals surface area contributed by atoms with Gasteiger partial charge in [0.15, 0.2) is 0 Å². The molecule has 0 aliphatic rings. The molecule has 3 rings (SSSR count). The molecule has 0 aliphatic carbocycles. The second-order valence-corrected chi connectivity index (χ2v) is 8.07. The maximum atomic E-state index is 13.5. The summed E-state index contributed by atoms with van der Waals surface area (Å²) in [5.74, 6) is -0.302. The van der Waals surface area contributed by atoms with Crippen molar-refractivity contribution in [2.24, 2.45) is 0 Å². The van der Waals surface area contributed by atoms with Gasteiger partial charge in [-0.25, -0.2) is 0 Å². The lowest BCUT2D eigenvalue weighted by molar-refractivity contribution is -0.140. The second-order valence-electron chi connectivity index (χ2n) is 7.64. The molecule has 5 heteroatoms. The van der Waals surface area contributed by atoms with Gasteiger partial charge in [0.05, 0.1) is 6.42 Å². The van der Waals surface area contributed by atoms with Crippen LogP contribution in [0.25, 0.3) is 0 Å². The first-order valence-electron chi connectivity index (χ1n) is 10.3. The van der Waals surface area contributed by atoms with Gasteiger partial charge in [-0.1, -0.05) is 83.9 Å². The van der Waals surface area contributed by atoms with E-state index in [9.17, 15) is 9.59 Å². The van der Waals surface area contributed by atoms with Crippen molar-refractivity contribution < 1.29 is 9.59 Å². The van der Waals surface area contributed by atoms with E-state index in [2.05, 4.69) is 5.32 Å². The average molecular weight is 435 g/mol. The first-order valence-corrected chi connectivity index (χ1v) is 10.7. The summed E-state index contributed by atoms with van der Waals surface area (Å²) in [5.41, 5.74) is 3.92. The van der Waals surface area contributed by atoms with Crippen LogP contribution in [0.4, 0.5) is 0 Å². The zero-order chi connectivity index (χ0) is 22.2. The molecule has 0 unspecified atom stereocenters. The second kappa shape index (κ2) is 10.8. The van der Waals surface area contributed by atoms with Crippen LogP contribution in [-0.4, -0.2) is 29.8 Å². The molecule has 0 saturated heterocycles. The number of rotatable bonds is 8. The standard InChI is InChI=1S/C26H27ClN2O2/c1-19-8-6-12-22(14-19)18-29(25(30)17-21-11-7-13-23(27)15-21)24(26(31)28-2)16-20-9-4-3-5-10-20/h3-15,24H,16-18H2,1-2H3,(H,28,31)/t24-/m1/s1. The van der Waals surface area contributed by atoms with E-state index in [-0.39, 0.29) is 18.2 Å². The maximum absolute atomic E-state index is 13.5. The lowest BCUT2D eigenvalue weighted by atomic mass is 10.0. The quantitative estimate of drug-likeness (QED) is 0.564.